The molecule has 2 rings (SSSR count). The van der Waals surface area contributed by atoms with Crippen molar-refractivity contribution in [3.8, 4) is 5.75 Å². The van der Waals surface area contributed by atoms with Gasteiger partial charge in [-0.15, -0.1) is 0 Å². The van der Waals surface area contributed by atoms with Crippen LogP contribution in [-0.2, 0) is 11.3 Å². The van der Waals surface area contributed by atoms with Crippen LogP contribution in [0.5, 0.6) is 5.75 Å². The highest BCUT2D eigenvalue weighted by Crippen LogP contribution is 2.27. The molecule has 6 heteroatoms. The maximum absolute atomic E-state index is 11.9. The molecule has 2 N–H and O–H groups in total. The molecular weight excluding hydrogens is 337 g/mol. The van der Waals surface area contributed by atoms with Crippen LogP contribution in [0.3, 0.4) is 0 Å². The minimum absolute atomic E-state index is 0.197. The Bertz CT molecular complexity index is 717. The first-order valence-electron chi connectivity index (χ1n) is 7.04. The van der Waals surface area contributed by atoms with Crippen molar-refractivity contribution in [1.29, 1.82) is 0 Å². The van der Waals surface area contributed by atoms with Gasteiger partial charge in [0, 0.05) is 15.6 Å². The summed E-state index contributed by atoms with van der Waals surface area (Å²) in [6.07, 6.45) is -0.197. The maximum atomic E-state index is 11.9. The van der Waals surface area contributed by atoms with E-state index in [1.54, 1.807) is 50.2 Å². The first-order valence-corrected chi connectivity index (χ1v) is 7.79. The first kappa shape index (κ1) is 17.4. The number of benzene rings is 2. The van der Waals surface area contributed by atoms with Crippen molar-refractivity contribution in [2.45, 2.75) is 26.6 Å². The predicted molar refractivity (Wildman–Crippen MR) is 92.2 cm³/mol. The van der Waals surface area contributed by atoms with Crippen molar-refractivity contribution >= 4 is 34.9 Å². The lowest BCUT2D eigenvalue weighted by atomic mass is 10.2. The summed E-state index contributed by atoms with van der Waals surface area (Å²) in [7, 11) is 0. The van der Waals surface area contributed by atoms with Gasteiger partial charge in [-0.2, -0.15) is 0 Å². The van der Waals surface area contributed by atoms with E-state index in [1.165, 1.54) is 0 Å². The largest absolute Gasteiger partial charge is 0.487 e. The van der Waals surface area contributed by atoms with E-state index in [0.29, 0.717) is 27.0 Å². The van der Waals surface area contributed by atoms with Crippen LogP contribution in [0, 0.1) is 0 Å². The zero-order valence-electron chi connectivity index (χ0n) is 12.8. The quantitative estimate of drug-likeness (QED) is 0.623. The van der Waals surface area contributed by atoms with Gasteiger partial charge in [-0.25, -0.2) is 4.79 Å². The van der Waals surface area contributed by atoms with E-state index < -0.39 is 5.97 Å². The van der Waals surface area contributed by atoms with E-state index in [-0.39, 0.29) is 12.7 Å². The molecule has 0 aliphatic carbocycles. The van der Waals surface area contributed by atoms with Crippen molar-refractivity contribution in [3.63, 3.8) is 0 Å². The fraction of sp³-hybridized carbons (Fsp3) is 0.235. The Morgan fingerprint density at radius 3 is 2.57 bits per heavy atom. The zero-order chi connectivity index (χ0) is 17.0. The molecule has 0 saturated heterocycles. The van der Waals surface area contributed by atoms with Gasteiger partial charge in [0.25, 0.3) is 0 Å². The molecule has 4 nitrogen and oxygen atoms in total. The summed E-state index contributed by atoms with van der Waals surface area (Å²) in [6, 6.07) is 9.91. The van der Waals surface area contributed by atoms with Crippen LogP contribution in [0.15, 0.2) is 36.4 Å². The molecule has 2 aromatic carbocycles. The van der Waals surface area contributed by atoms with Gasteiger partial charge in [0.15, 0.2) is 0 Å². The molecule has 0 aliphatic rings. The summed E-state index contributed by atoms with van der Waals surface area (Å²) < 4.78 is 10.8. The highest BCUT2D eigenvalue weighted by Gasteiger charge is 2.12. The Kier molecular flexibility index (Phi) is 5.74. The average molecular weight is 354 g/mol. The number of anilines is 1. The van der Waals surface area contributed by atoms with E-state index in [9.17, 15) is 4.79 Å². The fourth-order valence-corrected chi connectivity index (χ4v) is 2.33. The zero-order valence-corrected chi connectivity index (χ0v) is 14.3. The van der Waals surface area contributed by atoms with Crippen LogP contribution < -0.4 is 10.5 Å². The number of rotatable bonds is 5. The minimum Gasteiger partial charge on any atom is -0.487 e. The van der Waals surface area contributed by atoms with Crippen LogP contribution in [-0.4, -0.2) is 12.1 Å². The van der Waals surface area contributed by atoms with Crippen LogP contribution >= 0.6 is 23.2 Å². The van der Waals surface area contributed by atoms with Gasteiger partial charge in [0.2, 0.25) is 0 Å². The summed E-state index contributed by atoms with van der Waals surface area (Å²) in [6.45, 7) is 3.78. The second-order valence-corrected chi connectivity index (χ2v) is 6.07. The Hall–Kier alpha value is -1.91. The van der Waals surface area contributed by atoms with Crippen LogP contribution in [0.4, 0.5) is 5.69 Å². The number of nitrogen functional groups attached to an aromatic ring is 1. The second-order valence-electron chi connectivity index (χ2n) is 5.23. The number of hydrogen-bond donors (Lipinski definition) is 1. The second kappa shape index (κ2) is 7.57. The molecule has 0 aliphatic heterocycles. The Labute approximate surface area is 145 Å². The molecule has 23 heavy (non-hydrogen) atoms. The van der Waals surface area contributed by atoms with Crippen molar-refractivity contribution < 1.29 is 14.3 Å². The number of carbonyl (C=O) groups is 1. The van der Waals surface area contributed by atoms with Gasteiger partial charge in [-0.1, -0.05) is 29.3 Å². The normalized spacial score (nSPS) is 10.7. The van der Waals surface area contributed by atoms with Crippen molar-refractivity contribution in [1.82, 2.24) is 0 Å². The Morgan fingerprint density at radius 1 is 1.17 bits per heavy atom. The lowest BCUT2D eigenvalue weighted by molar-refractivity contribution is 0.0377. The molecule has 0 saturated carbocycles. The lowest BCUT2D eigenvalue weighted by Crippen LogP contribution is -2.12. The summed E-state index contributed by atoms with van der Waals surface area (Å²) in [5, 5.41) is 1.06. The smallest absolute Gasteiger partial charge is 0.338 e. The Balaban J connectivity index is 2.14. The Morgan fingerprint density at radius 2 is 1.91 bits per heavy atom. The number of carbonyl (C=O) groups excluding carboxylic acids is 1. The summed E-state index contributed by atoms with van der Waals surface area (Å²) in [5.41, 5.74) is 7.46. The number of nitrogens with two attached hydrogens (primary N) is 1. The third-order valence-electron chi connectivity index (χ3n) is 2.99. The molecule has 0 atom stereocenters. The SMILES string of the molecule is CC(C)OC(=O)c1ccc(N)c(OCc2ccc(Cl)cc2Cl)c1. The number of hydrogen-bond acceptors (Lipinski definition) is 4. The molecule has 0 heterocycles. The maximum Gasteiger partial charge on any atom is 0.338 e. The summed E-state index contributed by atoms with van der Waals surface area (Å²) in [5.74, 6) is -0.0244. The number of halogens is 2. The van der Waals surface area contributed by atoms with E-state index in [2.05, 4.69) is 0 Å². The van der Waals surface area contributed by atoms with Crippen molar-refractivity contribution in [2.75, 3.05) is 5.73 Å². The van der Waals surface area contributed by atoms with E-state index in [4.69, 9.17) is 38.4 Å². The van der Waals surface area contributed by atoms with Gasteiger partial charge in [0.05, 0.1) is 17.4 Å². The highest BCUT2D eigenvalue weighted by molar-refractivity contribution is 6.35. The van der Waals surface area contributed by atoms with Gasteiger partial charge >= 0.3 is 5.97 Å². The topological polar surface area (TPSA) is 61.5 Å². The molecule has 0 fully saturated rings. The van der Waals surface area contributed by atoms with E-state index in [0.717, 1.165) is 5.56 Å². The lowest BCUT2D eigenvalue weighted by Gasteiger charge is -2.12. The summed E-state index contributed by atoms with van der Waals surface area (Å²) in [4.78, 5) is 11.9. The highest BCUT2D eigenvalue weighted by atomic mass is 35.5. The van der Waals surface area contributed by atoms with Crippen molar-refractivity contribution in [2.24, 2.45) is 0 Å². The van der Waals surface area contributed by atoms with E-state index in [1.807, 2.05) is 0 Å². The summed E-state index contributed by atoms with van der Waals surface area (Å²) >= 11 is 12.0. The molecule has 2 aromatic rings. The molecule has 0 radical (unpaired) electrons. The standard InChI is InChI=1S/C17H17Cl2NO3/c1-10(2)23-17(21)11-4-6-15(20)16(7-11)22-9-12-3-5-13(18)8-14(12)19/h3-8,10H,9,20H2,1-2H3. The molecule has 0 bridgehead atoms. The number of ether oxygens (including phenoxy) is 2. The molecule has 122 valence electrons. The van der Waals surface area contributed by atoms with Gasteiger partial charge in [0.1, 0.15) is 12.4 Å². The molecular formula is C17H17Cl2NO3. The van der Waals surface area contributed by atoms with Gasteiger partial charge < -0.3 is 15.2 Å². The molecule has 0 spiro atoms. The fourth-order valence-electron chi connectivity index (χ4n) is 1.86. The van der Waals surface area contributed by atoms with E-state index >= 15 is 0 Å². The van der Waals surface area contributed by atoms with Crippen molar-refractivity contribution in [3.05, 3.63) is 57.6 Å². The monoisotopic (exact) mass is 353 g/mol. The molecule has 0 unspecified atom stereocenters. The van der Waals surface area contributed by atoms with Crippen LogP contribution in [0.1, 0.15) is 29.8 Å². The first-order chi connectivity index (χ1) is 10.9. The molecule has 0 amide bonds. The number of esters is 1. The van der Waals surface area contributed by atoms with Gasteiger partial charge in [-0.3, -0.25) is 0 Å². The third-order valence-corrected chi connectivity index (χ3v) is 3.58. The predicted octanol–water partition coefficient (Wildman–Crippen LogP) is 4.72. The average Bonchev–Trinajstić information content (AvgIpc) is 2.47. The van der Waals surface area contributed by atoms with Crippen LogP contribution in [0.25, 0.3) is 0 Å². The minimum atomic E-state index is -0.422. The molecule has 0 aromatic heterocycles. The third kappa shape index (κ3) is 4.78. The van der Waals surface area contributed by atoms with Gasteiger partial charge in [-0.05, 0) is 44.2 Å². The van der Waals surface area contributed by atoms with Crippen LogP contribution in [0.2, 0.25) is 10.0 Å².